The zero-order chi connectivity index (χ0) is 19.7. The van der Waals surface area contributed by atoms with E-state index in [-0.39, 0.29) is 5.75 Å². The number of ether oxygens (including phenoxy) is 2. The fourth-order valence-corrected chi connectivity index (χ4v) is 2.92. The Morgan fingerprint density at radius 2 is 1.57 bits per heavy atom. The number of halogens is 3. The van der Waals surface area contributed by atoms with E-state index in [2.05, 4.69) is 14.9 Å². The maximum atomic E-state index is 12.3. The highest BCUT2D eigenvalue weighted by Crippen LogP contribution is 2.31. The van der Waals surface area contributed by atoms with Crippen LogP contribution in [0.25, 0.3) is 28.2 Å². The van der Waals surface area contributed by atoms with Crippen molar-refractivity contribution in [2.24, 2.45) is 0 Å². The molecule has 5 nitrogen and oxygen atoms in total. The molecule has 0 aliphatic carbocycles. The van der Waals surface area contributed by atoms with Gasteiger partial charge in [0.15, 0.2) is 11.5 Å². The van der Waals surface area contributed by atoms with Crippen molar-refractivity contribution < 1.29 is 22.6 Å². The van der Waals surface area contributed by atoms with Crippen molar-refractivity contribution in [2.75, 3.05) is 7.11 Å². The number of hydrogen-bond acceptors (Lipinski definition) is 4. The molecule has 142 valence electrons. The summed E-state index contributed by atoms with van der Waals surface area (Å²) in [4.78, 5) is 0. The maximum absolute atomic E-state index is 12.3. The summed E-state index contributed by atoms with van der Waals surface area (Å²) in [5.74, 6) is 0.999. The number of rotatable bonds is 4. The molecule has 4 rings (SSSR count). The Kier molecular flexibility index (Phi) is 4.38. The zero-order valence-corrected chi connectivity index (χ0v) is 14.6. The molecule has 0 amide bonds. The van der Waals surface area contributed by atoms with Crippen molar-refractivity contribution in [2.45, 2.75) is 6.36 Å². The van der Waals surface area contributed by atoms with E-state index in [0.29, 0.717) is 17.2 Å². The van der Waals surface area contributed by atoms with Gasteiger partial charge in [-0.2, -0.15) is 0 Å². The Morgan fingerprint density at radius 3 is 2.29 bits per heavy atom. The van der Waals surface area contributed by atoms with Crippen molar-refractivity contribution in [3.63, 3.8) is 0 Å². The van der Waals surface area contributed by atoms with Gasteiger partial charge in [0.05, 0.1) is 12.7 Å². The van der Waals surface area contributed by atoms with Crippen LogP contribution in [0.2, 0.25) is 0 Å². The summed E-state index contributed by atoms with van der Waals surface area (Å²) < 4.78 is 48.1. The SMILES string of the molecule is COc1ccccc1-c1nnc2ccc(-c3ccc(OC(F)(F)F)cc3)cn12. The van der Waals surface area contributed by atoms with Crippen LogP contribution in [0.15, 0.2) is 66.9 Å². The molecule has 0 N–H and O–H groups in total. The lowest BCUT2D eigenvalue weighted by atomic mass is 10.1. The monoisotopic (exact) mass is 385 g/mol. The fraction of sp³-hybridized carbons (Fsp3) is 0.100. The number of hydrogen-bond donors (Lipinski definition) is 0. The van der Waals surface area contributed by atoms with Gasteiger partial charge in [0.2, 0.25) is 0 Å². The van der Waals surface area contributed by atoms with E-state index in [0.717, 1.165) is 16.7 Å². The van der Waals surface area contributed by atoms with Gasteiger partial charge in [-0.25, -0.2) is 0 Å². The summed E-state index contributed by atoms with van der Waals surface area (Å²) >= 11 is 0. The van der Waals surface area contributed by atoms with Crippen molar-refractivity contribution in [1.82, 2.24) is 14.6 Å². The predicted molar refractivity (Wildman–Crippen MR) is 97.1 cm³/mol. The molecule has 0 radical (unpaired) electrons. The zero-order valence-electron chi connectivity index (χ0n) is 14.6. The number of para-hydroxylation sites is 1. The number of fused-ring (bicyclic) bond motifs is 1. The molecule has 28 heavy (non-hydrogen) atoms. The van der Waals surface area contributed by atoms with Gasteiger partial charge in [-0.1, -0.05) is 24.3 Å². The van der Waals surface area contributed by atoms with Gasteiger partial charge in [0.25, 0.3) is 0 Å². The van der Waals surface area contributed by atoms with Crippen LogP contribution in [0.1, 0.15) is 0 Å². The average molecular weight is 385 g/mol. The van der Waals surface area contributed by atoms with Gasteiger partial charge in [0, 0.05) is 6.20 Å². The van der Waals surface area contributed by atoms with Crippen molar-refractivity contribution >= 4 is 5.65 Å². The van der Waals surface area contributed by atoms with E-state index in [9.17, 15) is 13.2 Å². The number of alkyl halides is 3. The number of methoxy groups -OCH3 is 1. The highest BCUT2D eigenvalue weighted by molar-refractivity contribution is 5.70. The van der Waals surface area contributed by atoms with Crippen molar-refractivity contribution in [3.8, 4) is 34.0 Å². The molecule has 0 aliphatic heterocycles. The largest absolute Gasteiger partial charge is 0.573 e. The molecule has 0 unspecified atom stereocenters. The molecular formula is C20H14F3N3O2. The smallest absolute Gasteiger partial charge is 0.496 e. The minimum Gasteiger partial charge on any atom is -0.496 e. The number of benzene rings is 2. The molecule has 0 bridgehead atoms. The van der Waals surface area contributed by atoms with Gasteiger partial charge >= 0.3 is 6.36 Å². The van der Waals surface area contributed by atoms with Crippen LogP contribution in [0.3, 0.4) is 0 Å². The van der Waals surface area contributed by atoms with Crippen LogP contribution in [-0.4, -0.2) is 28.1 Å². The number of aromatic nitrogens is 3. The molecule has 0 saturated heterocycles. The van der Waals surface area contributed by atoms with Crippen LogP contribution in [0.5, 0.6) is 11.5 Å². The lowest BCUT2D eigenvalue weighted by molar-refractivity contribution is -0.274. The molecule has 0 saturated carbocycles. The Balaban J connectivity index is 1.74. The van der Waals surface area contributed by atoms with E-state index in [1.54, 1.807) is 25.3 Å². The Bertz CT molecular complexity index is 1120. The molecular weight excluding hydrogens is 371 g/mol. The van der Waals surface area contributed by atoms with Crippen LogP contribution >= 0.6 is 0 Å². The standard InChI is InChI=1S/C20H14F3N3O2/c1-27-17-5-3-2-4-16(17)19-25-24-18-11-8-14(12-26(18)19)13-6-9-15(10-7-13)28-20(21,22)23/h2-12H,1H3. The molecule has 0 aliphatic rings. The molecule has 0 spiro atoms. The van der Waals surface area contributed by atoms with Gasteiger partial charge in [-0.05, 0) is 47.5 Å². The first-order valence-electron chi connectivity index (χ1n) is 8.29. The molecule has 4 aromatic rings. The first-order chi connectivity index (χ1) is 13.4. The molecule has 0 fully saturated rings. The topological polar surface area (TPSA) is 48.7 Å². The van der Waals surface area contributed by atoms with E-state index < -0.39 is 6.36 Å². The van der Waals surface area contributed by atoms with Crippen LogP contribution in [0, 0.1) is 0 Å². The van der Waals surface area contributed by atoms with Gasteiger partial charge < -0.3 is 9.47 Å². The van der Waals surface area contributed by atoms with Crippen LogP contribution in [-0.2, 0) is 0 Å². The number of pyridine rings is 1. The second-order valence-corrected chi connectivity index (χ2v) is 5.94. The van der Waals surface area contributed by atoms with E-state index in [4.69, 9.17) is 4.74 Å². The van der Waals surface area contributed by atoms with Crippen molar-refractivity contribution in [1.29, 1.82) is 0 Å². The molecule has 8 heteroatoms. The fourth-order valence-electron chi connectivity index (χ4n) is 2.92. The van der Waals surface area contributed by atoms with E-state index in [1.165, 1.54) is 12.1 Å². The average Bonchev–Trinajstić information content (AvgIpc) is 3.10. The Morgan fingerprint density at radius 1 is 0.857 bits per heavy atom. The summed E-state index contributed by atoms with van der Waals surface area (Å²) in [6, 6.07) is 16.8. The minimum absolute atomic E-state index is 0.267. The minimum atomic E-state index is -4.72. The van der Waals surface area contributed by atoms with Gasteiger partial charge in [-0.3, -0.25) is 4.40 Å². The summed E-state index contributed by atoms with van der Waals surface area (Å²) in [6.45, 7) is 0. The summed E-state index contributed by atoms with van der Waals surface area (Å²) in [5.41, 5.74) is 2.95. The van der Waals surface area contributed by atoms with Crippen molar-refractivity contribution in [3.05, 3.63) is 66.9 Å². The normalized spacial score (nSPS) is 11.6. The Labute approximate surface area is 158 Å². The maximum Gasteiger partial charge on any atom is 0.573 e. The summed E-state index contributed by atoms with van der Waals surface area (Å²) in [5, 5.41) is 8.42. The third kappa shape index (κ3) is 3.48. The summed E-state index contributed by atoms with van der Waals surface area (Å²) in [7, 11) is 1.58. The van der Waals surface area contributed by atoms with Crippen LogP contribution < -0.4 is 9.47 Å². The lowest BCUT2D eigenvalue weighted by Gasteiger charge is -2.10. The summed E-state index contributed by atoms with van der Waals surface area (Å²) in [6.07, 6.45) is -2.89. The first kappa shape index (κ1) is 17.8. The third-order valence-corrected chi connectivity index (χ3v) is 4.17. The third-order valence-electron chi connectivity index (χ3n) is 4.17. The Hall–Kier alpha value is -3.55. The highest BCUT2D eigenvalue weighted by atomic mass is 19.4. The van der Waals surface area contributed by atoms with Crippen LogP contribution in [0.4, 0.5) is 13.2 Å². The molecule has 2 heterocycles. The molecule has 2 aromatic carbocycles. The van der Waals surface area contributed by atoms with E-state index in [1.807, 2.05) is 40.9 Å². The highest BCUT2D eigenvalue weighted by Gasteiger charge is 2.30. The predicted octanol–water partition coefficient (Wildman–Crippen LogP) is 4.97. The molecule has 0 atom stereocenters. The number of nitrogens with zero attached hydrogens (tertiary/aromatic N) is 3. The second kappa shape index (κ2) is 6.88. The quantitative estimate of drug-likeness (QED) is 0.498. The van der Waals surface area contributed by atoms with Gasteiger partial charge in [-0.15, -0.1) is 23.4 Å². The first-order valence-corrected chi connectivity index (χ1v) is 8.29. The lowest BCUT2D eigenvalue weighted by Crippen LogP contribution is -2.16. The van der Waals surface area contributed by atoms with Gasteiger partial charge in [0.1, 0.15) is 11.5 Å². The second-order valence-electron chi connectivity index (χ2n) is 5.94. The molecule has 2 aromatic heterocycles. The van der Waals surface area contributed by atoms with E-state index >= 15 is 0 Å².